The monoisotopic (exact) mass is 364 g/mol. The fourth-order valence-corrected chi connectivity index (χ4v) is 2.92. The van der Waals surface area contributed by atoms with Crippen molar-refractivity contribution in [3.8, 4) is 5.75 Å². The standard InChI is InChI=1S/C18H24N2O4S/c1-12(2)9-10-24-14-7-5-13(6-8-14)11-18(23-3)17(22)19-16(25-4)15(21)20-18/h5-9,16H,10-11H2,1-4H3,(H,19,22)(H,20,21)/t16-,18+/m0/s1. The molecule has 0 aliphatic carbocycles. The summed E-state index contributed by atoms with van der Waals surface area (Å²) in [5.74, 6) is 0.126. The molecule has 1 saturated heterocycles. The van der Waals surface area contributed by atoms with Gasteiger partial charge >= 0.3 is 0 Å². The van der Waals surface area contributed by atoms with E-state index in [0.29, 0.717) is 6.61 Å². The number of thioether (sulfide) groups is 1. The molecule has 0 aromatic heterocycles. The van der Waals surface area contributed by atoms with Crippen molar-refractivity contribution in [2.24, 2.45) is 0 Å². The van der Waals surface area contributed by atoms with Crippen molar-refractivity contribution < 1.29 is 19.1 Å². The number of carbonyl (C=O) groups excluding carboxylic acids is 2. The molecule has 25 heavy (non-hydrogen) atoms. The number of hydrogen-bond acceptors (Lipinski definition) is 5. The second-order valence-corrected chi connectivity index (χ2v) is 6.97. The summed E-state index contributed by atoms with van der Waals surface area (Å²) >= 11 is 1.27. The Balaban J connectivity index is 2.07. The fourth-order valence-electron chi connectivity index (χ4n) is 2.42. The number of hydrogen-bond donors (Lipinski definition) is 2. The molecule has 2 atom stereocenters. The number of methoxy groups -OCH3 is 1. The Morgan fingerprint density at radius 1 is 1.28 bits per heavy atom. The minimum atomic E-state index is -1.40. The van der Waals surface area contributed by atoms with Crippen LogP contribution in [0.2, 0.25) is 0 Å². The molecule has 0 bridgehead atoms. The van der Waals surface area contributed by atoms with Gasteiger partial charge in [0.05, 0.1) is 0 Å². The van der Waals surface area contributed by atoms with Crippen molar-refractivity contribution in [2.45, 2.75) is 31.4 Å². The van der Waals surface area contributed by atoms with Crippen molar-refractivity contribution in [3.63, 3.8) is 0 Å². The molecule has 7 heteroatoms. The number of piperazine rings is 1. The quantitative estimate of drug-likeness (QED) is 0.722. The summed E-state index contributed by atoms with van der Waals surface area (Å²) in [6.07, 6.45) is 3.99. The first kappa shape index (κ1) is 19.3. The highest BCUT2D eigenvalue weighted by Gasteiger charge is 2.47. The van der Waals surface area contributed by atoms with Gasteiger partial charge in [0, 0.05) is 13.5 Å². The lowest BCUT2D eigenvalue weighted by Crippen LogP contribution is -2.70. The Hall–Kier alpha value is -1.99. The molecule has 1 aliphatic rings. The zero-order chi connectivity index (χ0) is 18.4. The predicted molar refractivity (Wildman–Crippen MR) is 98.4 cm³/mol. The normalized spacial score (nSPS) is 22.8. The van der Waals surface area contributed by atoms with Gasteiger partial charge in [-0.2, -0.15) is 0 Å². The number of amides is 2. The minimum absolute atomic E-state index is 0.233. The topological polar surface area (TPSA) is 76.7 Å². The van der Waals surface area contributed by atoms with Crippen LogP contribution in [-0.2, 0) is 20.7 Å². The zero-order valence-corrected chi connectivity index (χ0v) is 15.7. The van der Waals surface area contributed by atoms with Crippen molar-refractivity contribution >= 4 is 23.6 Å². The molecule has 1 aliphatic heterocycles. The Labute approximate surface area is 152 Å². The molecule has 1 aromatic rings. The van der Waals surface area contributed by atoms with Crippen LogP contribution in [0, 0.1) is 0 Å². The van der Waals surface area contributed by atoms with Crippen molar-refractivity contribution in [3.05, 3.63) is 41.5 Å². The van der Waals surface area contributed by atoms with E-state index in [1.54, 1.807) is 6.26 Å². The summed E-state index contributed by atoms with van der Waals surface area (Å²) in [4.78, 5) is 24.6. The lowest BCUT2D eigenvalue weighted by atomic mass is 9.99. The first-order chi connectivity index (χ1) is 11.9. The molecular weight excluding hydrogens is 340 g/mol. The van der Waals surface area contributed by atoms with E-state index in [4.69, 9.17) is 9.47 Å². The lowest BCUT2D eigenvalue weighted by molar-refractivity contribution is -0.159. The van der Waals surface area contributed by atoms with Crippen LogP contribution in [0.1, 0.15) is 19.4 Å². The van der Waals surface area contributed by atoms with Crippen molar-refractivity contribution in [1.82, 2.24) is 10.6 Å². The molecule has 0 spiro atoms. The third kappa shape index (κ3) is 4.76. The zero-order valence-electron chi connectivity index (χ0n) is 14.9. The van der Waals surface area contributed by atoms with Crippen LogP contribution < -0.4 is 15.4 Å². The van der Waals surface area contributed by atoms with Gasteiger partial charge in [-0.25, -0.2) is 0 Å². The van der Waals surface area contributed by atoms with Crippen LogP contribution >= 0.6 is 11.8 Å². The fraction of sp³-hybridized carbons (Fsp3) is 0.444. The second kappa shape index (κ2) is 8.40. The van der Waals surface area contributed by atoms with Gasteiger partial charge in [-0.3, -0.25) is 9.59 Å². The Kier molecular flexibility index (Phi) is 6.50. The van der Waals surface area contributed by atoms with Gasteiger partial charge in [-0.1, -0.05) is 17.7 Å². The molecule has 1 fully saturated rings. The highest BCUT2D eigenvalue weighted by Crippen LogP contribution is 2.22. The van der Waals surface area contributed by atoms with Crippen LogP contribution in [0.4, 0.5) is 0 Å². The maximum atomic E-state index is 12.4. The van der Waals surface area contributed by atoms with Gasteiger partial charge in [0.1, 0.15) is 12.4 Å². The molecular formula is C18H24N2O4S. The summed E-state index contributed by atoms with van der Waals surface area (Å²) in [5.41, 5.74) is 0.657. The van der Waals surface area contributed by atoms with Crippen molar-refractivity contribution in [1.29, 1.82) is 0 Å². The molecule has 6 nitrogen and oxygen atoms in total. The van der Waals surface area contributed by atoms with Crippen molar-refractivity contribution in [2.75, 3.05) is 20.0 Å². The smallest absolute Gasteiger partial charge is 0.275 e. The molecule has 0 unspecified atom stereocenters. The molecule has 1 aromatic carbocycles. The third-order valence-corrected chi connectivity index (χ3v) is 4.70. The highest BCUT2D eigenvalue weighted by molar-refractivity contribution is 7.99. The van der Waals surface area contributed by atoms with E-state index in [2.05, 4.69) is 10.6 Å². The number of allylic oxidation sites excluding steroid dienone is 1. The maximum absolute atomic E-state index is 12.4. The lowest BCUT2D eigenvalue weighted by Gasteiger charge is -2.38. The summed E-state index contributed by atoms with van der Waals surface area (Å²) in [6.45, 7) is 4.54. The van der Waals surface area contributed by atoms with Gasteiger partial charge in [-0.15, -0.1) is 11.8 Å². The summed E-state index contributed by atoms with van der Waals surface area (Å²) in [7, 11) is 1.41. The molecule has 0 saturated carbocycles. The average molecular weight is 364 g/mol. The second-order valence-electron chi connectivity index (χ2n) is 6.02. The number of carbonyl (C=O) groups is 2. The minimum Gasteiger partial charge on any atom is -0.490 e. The van der Waals surface area contributed by atoms with E-state index in [1.807, 2.05) is 44.2 Å². The number of nitrogens with one attached hydrogen (secondary N) is 2. The first-order valence-electron chi connectivity index (χ1n) is 7.96. The van der Waals surface area contributed by atoms with E-state index >= 15 is 0 Å². The van der Waals surface area contributed by atoms with Crippen LogP contribution in [-0.4, -0.2) is 42.9 Å². The molecule has 2 amide bonds. The first-order valence-corrected chi connectivity index (χ1v) is 9.25. The number of benzene rings is 1. The van der Waals surface area contributed by atoms with E-state index in [0.717, 1.165) is 11.3 Å². The van der Waals surface area contributed by atoms with Gasteiger partial charge in [0.25, 0.3) is 11.8 Å². The Morgan fingerprint density at radius 2 is 1.96 bits per heavy atom. The Bertz CT molecular complexity index is 656. The average Bonchev–Trinajstić information content (AvgIpc) is 2.59. The maximum Gasteiger partial charge on any atom is 0.275 e. The van der Waals surface area contributed by atoms with E-state index in [-0.39, 0.29) is 18.2 Å². The number of rotatable bonds is 7. The van der Waals surface area contributed by atoms with Gasteiger partial charge in [-0.05, 0) is 43.9 Å². The van der Waals surface area contributed by atoms with Crippen LogP contribution in [0.15, 0.2) is 35.9 Å². The predicted octanol–water partition coefficient (Wildman–Crippen LogP) is 1.85. The van der Waals surface area contributed by atoms with Crippen LogP contribution in [0.3, 0.4) is 0 Å². The summed E-state index contributed by atoms with van der Waals surface area (Å²) in [6, 6.07) is 7.40. The van der Waals surface area contributed by atoms with Crippen LogP contribution in [0.5, 0.6) is 5.75 Å². The van der Waals surface area contributed by atoms with E-state index in [1.165, 1.54) is 24.4 Å². The molecule has 0 radical (unpaired) electrons. The van der Waals surface area contributed by atoms with Gasteiger partial charge in [0.2, 0.25) is 5.72 Å². The van der Waals surface area contributed by atoms with Gasteiger partial charge < -0.3 is 20.1 Å². The highest BCUT2D eigenvalue weighted by atomic mass is 32.2. The molecule has 2 rings (SSSR count). The Morgan fingerprint density at radius 3 is 2.52 bits per heavy atom. The largest absolute Gasteiger partial charge is 0.490 e. The summed E-state index contributed by atoms with van der Waals surface area (Å²) < 4.78 is 11.0. The molecule has 136 valence electrons. The van der Waals surface area contributed by atoms with Crippen LogP contribution in [0.25, 0.3) is 0 Å². The SMILES string of the molecule is CO[C@@]1(Cc2ccc(OCC=C(C)C)cc2)NC(=O)[C@H](SC)NC1=O. The van der Waals surface area contributed by atoms with Gasteiger partial charge in [0.15, 0.2) is 5.37 Å². The summed E-state index contributed by atoms with van der Waals surface area (Å²) in [5, 5.41) is 4.80. The third-order valence-electron chi connectivity index (χ3n) is 3.89. The number of ether oxygens (including phenoxy) is 2. The van der Waals surface area contributed by atoms with E-state index < -0.39 is 11.1 Å². The van der Waals surface area contributed by atoms with E-state index in [9.17, 15) is 9.59 Å². The molecule has 1 heterocycles. The molecule has 2 N–H and O–H groups in total.